The van der Waals surface area contributed by atoms with Crippen molar-refractivity contribution in [2.45, 2.75) is 0 Å². The molecule has 0 aliphatic heterocycles. The van der Waals surface area contributed by atoms with Crippen molar-refractivity contribution in [3.05, 3.63) is 20.8 Å². The van der Waals surface area contributed by atoms with Crippen LogP contribution in [0.1, 0.15) is 0 Å². The SMILES string of the molecule is Cn1nc(NCC(N)=O)c(=O)n(C)c1=O. The average Bonchev–Trinajstić information content (AvgIpc) is 2.18. The first-order valence-corrected chi connectivity index (χ1v) is 4.10. The third-order valence-corrected chi connectivity index (χ3v) is 1.75. The van der Waals surface area contributed by atoms with Gasteiger partial charge >= 0.3 is 5.69 Å². The molecule has 0 aromatic carbocycles. The van der Waals surface area contributed by atoms with E-state index in [0.29, 0.717) is 0 Å². The number of hydrogen-bond acceptors (Lipinski definition) is 5. The van der Waals surface area contributed by atoms with Gasteiger partial charge in [0.15, 0.2) is 0 Å². The molecule has 0 fully saturated rings. The van der Waals surface area contributed by atoms with Crippen LogP contribution in [0.2, 0.25) is 0 Å². The van der Waals surface area contributed by atoms with Crippen LogP contribution in [0.25, 0.3) is 0 Å². The summed E-state index contributed by atoms with van der Waals surface area (Å²) in [5.41, 5.74) is 3.75. The van der Waals surface area contributed by atoms with Gasteiger partial charge in [0.2, 0.25) is 11.7 Å². The van der Waals surface area contributed by atoms with Gasteiger partial charge < -0.3 is 11.1 Å². The maximum absolute atomic E-state index is 11.4. The van der Waals surface area contributed by atoms with E-state index >= 15 is 0 Å². The van der Waals surface area contributed by atoms with E-state index in [-0.39, 0.29) is 12.4 Å². The number of nitrogens with one attached hydrogen (secondary N) is 1. The van der Waals surface area contributed by atoms with E-state index in [2.05, 4.69) is 10.4 Å². The molecular formula is C7H11N5O3. The van der Waals surface area contributed by atoms with Crippen molar-refractivity contribution in [2.75, 3.05) is 11.9 Å². The summed E-state index contributed by atoms with van der Waals surface area (Å²) in [5, 5.41) is 6.10. The number of nitrogens with zero attached hydrogens (tertiary/aromatic N) is 3. The van der Waals surface area contributed by atoms with E-state index in [1.54, 1.807) is 0 Å². The van der Waals surface area contributed by atoms with E-state index < -0.39 is 17.2 Å². The number of aryl methyl sites for hydroxylation is 1. The number of anilines is 1. The van der Waals surface area contributed by atoms with Crippen molar-refractivity contribution in [3.63, 3.8) is 0 Å². The first-order chi connectivity index (χ1) is 6.93. The first kappa shape index (κ1) is 11.0. The zero-order valence-corrected chi connectivity index (χ0v) is 8.35. The van der Waals surface area contributed by atoms with Crippen LogP contribution in [0.15, 0.2) is 9.59 Å². The molecular weight excluding hydrogens is 202 g/mol. The topological polar surface area (TPSA) is 112 Å². The number of carbonyl (C=O) groups is 1. The Morgan fingerprint density at radius 2 is 2.07 bits per heavy atom. The highest BCUT2D eigenvalue weighted by Crippen LogP contribution is 1.86. The molecule has 8 heteroatoms. The number of hydrogen-bond donors (Lipinski definition) is 2. The van der Waals surface area contributed by atoms with Gasteiger partial charge in [0.25, 0.3) is 5.56 Å². The molecule has 1 heterocycles. The number of rotatable bonds is 3. The lowest BCUT2D eigenvalue weighted by Gasteiger charge is -2.05. The quantitative estimate of drug-likeness (QED) is 0.570. The van der Waals surface area contributed by atoms with Gasteiger partial charge in [-0.15, -0.1) is 5.10 Å². The minimum absolute atomic E-state index is 0.0848. The molecule has 0 saturated carbocycles. The number of carbonyl (C=O) groups excluding carboxylic acids is 1. The zero-order valence-electron chi connectivity index (χ0n) is 8.35. The first-order valence-electron chi connectivity index (χ1n) is 4.10. The summed E-state index contributed by atoms with van der Waals surface area (Å²) in [6, 6.07) is 0. The molecule has 1 aromatic rings. The standard InChI is InChI=1S/C7H11N5O3/c1-11-6(14)5(9-3-4(8)13)10-12(2)7(11)15/h3H2,1-2H3,(H2,8,13)(H,9,10). The fourth-order valence-electron chi connectivity index (χ4n) is 0.980. The molecule has 0 saturated heterocycles. The Kier molecular flexibility index (Phi) is 2.88. The fourth-order valence-corrected chi connectivity index (χ4v) is 0.980. The van der Waals surface area contributed by atoms with Crippen molar-refractivity contribution in [1.82, 2.24) is 14.3 Å². The van der Waals surface area contributed by atoms with E-state index in [4.69, 9.17) is 5.73 Å². The highest BCUT2D eigenvalue weighted by Gasteiger charge is 2.08. The largest absolute Gasteiger partial charge is 0.368 e. The van der Waals surface area contributed by atoms with Crippen LogP contribution in [0.4, 0.5) is 5.82 Å². The Labute approximate surface area is 84.3 Å². The van der Waals surface area contributed by atoms with Crippen LogP contribution in [0, 0.1) is 0 Å². The molecule has 1 rings (SSSR count). The van der Waals surface area contributed by atoms with Crippen LogP contribution in [-0.2, 0) is 18.9 Å². The molecule has 0 unspecified atom stereocenters. The average molecular weight is 213 g/mol. The predicted molar refractivity (Wildman–Crippen MR) is 52.4 cm³/mol. The van der Waals surface area contributed by atoms with E-state index in [9.17, 15) is 14.4 Å². The van der Waals surface area contributed by atoms with Crippen molar-refractivity contribution < 1.29 is 4.79 Å². The van der Waals surface area contributed by atoms with Crippen LogP contribution < -0.4 is 22.3 Å². The minimum atomic E-state index is -0.618. The lowest BCUT2D eigenvalue weighted by atomic mass is 10.5. The number of amides is 1. The normalized spacial score (nSPS) is 10.0. The Morgan fingerprint density at radius 1 is 1.47 bits per heavy atom. The van der Waals surface area contributed by atoms with Crippen LogP contribution in [-0.4, -0.2) is 26.8 Å². The smallest absolute Gasteiger partial charge is 0.346 e. The maximum Gasteiger partial charge on any atom is 0.346 e. The van der Waals surface area contributed by atoms with Crippen molar-refractivity contribution in [1.29, 1.82) is 0 Å². The molecule has 0 aliphatic rings. The zero-order chi connectivity index (χ0) is 11.6. The molecule has 0 spiro atoms. The molecule has 82 valence electrons. The van der Waals surface area contributed by atoms with Gasteiger partial charge in [-0.05, 0) is 0 Å². The van der Waals surface area contributed by atoms with Crippen molar-refractivity contribution in [2.24, 2.45) is 19.8 Å². The Bertz CT molecular complexity index is 500. The predicted octanol–water partition coefficient (Wildman–Crippen LogP) is -2.62. The van der Waals surface area contributed by atoms with Crippen LogP contribution >= 0.6 is 0 Å². The van der Waals surface area contributed by atoms with E-state index in [0.717, 1.165) is 9.25 Å². The Hall–Kier alpha value is -2.12. The summed E-state index contributed by atoms with van der Waals surface area (Å²) in [4.78, 5) is 33.1. The monoisotopic (exact) mass is 213 g/mol. The molecule has 15 heavy (non-hydrogen) atoms. The van der Waals surface area contributed by atoms with Gasteiger partial charge in [0, 0.05) is 14.1 Å². The van der Waals surface area contributed by atoms with Gasteiger partial charge in [0.05, 0.1) is 6.54 Å². The van der Waals surface area contributed by atoms with Crippen LogP contribution in [0.3, 0.4) is 0 Å². The molecule has 0 aliphatic carbocycles. The minimum Gasteiger partial charge on any atom is -0.368 e. The van der Waals surface area contributed by atoms with Gasteiger partial charge in [-0.1, -0.05) is 0 Å². The summed E-state index contributed by atoms with van der Waals surface area (Å²) in [6.45, 7) is -0.208. The molecule has 8 nitrogen and oxygen atoms in total. The van der Waals surface area contributed by atoms with Crippen LogP contribution in [0.5, 0.6) is 0 Å². The van der Waals surface area contributed by atoms with E-state index in [1.807, 2.05) is 0 Å². The van der Waals surface area contributed by atoms with E-state index in [1.165, 1.54) is 14.1 Å². The fraction of sp³-hybridized carbons (Fsp3) is 0.429. The number of aromatic nitrogens is 3. The number of nitrogens with two attached hydrogens (primary N) is 1. The van der Waals surface area contributed by atoms with Gasteiger partial charge in [-0.3, -0.25) is 14.2 Å². The third-order valence-electron chi connectivity index (χ3n) is 1.75. The lowest BCUT2D eigenvalue weighted by Crippen LogP contribution is -2.40. The molecule has 1 aromatic heterocycles. The van der Waals surface area contributed by atoms with Gasteiger partial charge in [0.1, 0.15) is 0 Å². The molecule has 0 radical (unpaired) electrons. The molecule has 0 bridgehead atoms. The summed E-state index contributed by atoms with van der Waals surface area (Å²) >= 11 is 0. The van der Waals surface area contributed by atoms with Gasteiger partial charge in [-0.2, -0.15) is 0 Å². The summed E-state index contributed by atoms with van der Waals surface area (Å²) in [6.07, 6.45) is 0. The Morgan fingerprint density at radius 3 is 2.60 bits per heavy atom. The molecule has 0 atom stereocenters. The maximum atomic E-state index is 11.4. The Balaban J connectivity index is 3.16. The van der Waals surface area contributed by atoms with Gasteiger partial charge in [-0.25, -0.2) is 9.48 Å². The lowest BCUT2D eigenvalue weighted by molar-refractivity contribution is -0.116. The summed E-state index contributed by atoms with van der Waals surface area (Å²) < 4.78 is 1.88. The second-order valence-electron chi connectivity index (χ2n) is 2.94. The number of primary amides is 1. The highest BCUT2D eigenvalue weighted by molar-refractivity contribution is 5.78. The summed E-state index contributed by atoms with van der Waals surface area (Å²) in [7, 11) is 2.72. The molecule has 3 N–H and O–H groups in total. The highest BCUT2D eigenvalue weighted by atomic mass is 16.2. The third kappa shape index (κ3) is 2.22. The van der Waals surface area contributed by atoms with Crippen molar-refractivity contribution >= 4 is 11.7 Å². The second kappa shape index (κ2) is 3.95. The molecule has 1 amide bonds. The van der Waals surface area contributed by atoms with Crippen molar-refractivity contribution in [3.8, 4) is 0 Å². The summed E-state index contributed by atoms with van der Waals surface area (Å²) in [5.74, 6) is -0.703. The second-order valence-corrected chi connectivity index (χ2v) is 2.94.